The molecular weight excluding hydrogens is 356 g/mol. The number of aliphatic carboxylic acids is 1. The molecule has 2 N–H and O–H groups in total. The molecule has 2 rings (SSSR count). The van der Waals surface area contributed by atoms with Crippen LogP contribution in [0.25, 0.3) is 0 Å². The number of amides is 2. The molecule has 1 aliphatic rings. The molecule has 2 amide bonds. The van der Waals surface area contributed by atoms with E-state index in [1.165, 1.54) is 0 Å². The number of carboxylic acid groups (broad SMARTS) is 1. The summed E-state index contributed by atoms with van der Waals surface area (Å²) in [6.45, 7) is 7.68. The van der Waals surface area contributed by atoms with Crippen LogP contribution < -0.4 is 10.1 Å². The van der Waals surface area contributed by atoms with Gasteiger partial charge in [0.05, 0.1) is 13.0 Å². The van der Waals surface area contributed by atoms with E-state index in [-0.39, 0.29) is 23.4 Å². The summed E-state index contributed by atoms with van der Waals surface area (Å²) < 4.78 is 5.19. The zero-order chi connectivity index (χ0) is 20.7. The molecule has 156 valence electrons. The molecular formula is C22H34N2O4. The maximum Gasteiger partial charge on any atom is 0.317 e. The second kappa shape index (κ2) is 9.80. The van der Waals surface area contributed by atoms with Gasteiger partial charge in [-0.2, -0.15) is 0 Å². The molecule has 6 heteroatoms. The number of nitrogens with one attached hydrogen (secondary N) is 1. The number of rotatable bonds is 7. The third-order valence-electron chi connectivity index (χ3n) is 5.19. The van der Waals surface area contributed by atoms with Crippen LogP contribution in [0.5, 0.6) is 5.75 Å². The summed E-state index contributed by atoms with van der Waals surface area (Å²) >= 11 is 0. The summed E-state index contributed by atoms with van der Waals surface area (Å²) in [7, 11) is 1.65. The van der Waals surface area contributed by atoms with Crippen LogP contribution in [-0.4, -0.2) is 48.2 Å². The second-order valence-corrected chi connectivity index (χ2v) is 8.92. The number of ether oxygens (including phenoxy) is 1. The van der Waals surface area contributed by atoms with Crippen molar-refractivity contribution >= 4 is 12.0 Å². The van der Waals surface area contributed by atoms with Crippen molar-refractivity contribution in [2.45, 2.75) is 58.9 Å². The number of hydrogen-bond acceptors (Lipinski definition) is 3. The van der Waals surface area contributed by atoms with E-state index in [4.69, 9.17) is 9.84 Å². The molecule has 0 aromatic heterocycles. The first-order valence-electron chi connectivity index (χ1n) is 10.1. The predicted molar refractivity (Wildman–Crippen MR) is 110 cm³/mol. The Morgan fingerprint density at radius 2 is 1.75 bits per heavy atom. The van der Waals surface area contributed by atoms with Gasteiger partial charge in [0, 0.05) is 19.1 Å². The van der Waals surface area contributed by atoms with Crippen molar-refractivity contribution in [1.82, 2.24) is 10.2 Å². The van der Waals surface area contributed by atoms with Gasteiger partial charge in [0.25, 0.3) is 0 Å². The lowest BCUT2D eigenvalue weighted by molar-refractivity contribution is -0.142. The molecule has 1 aromatic carbocycles. The topological polar surface area (TPSA) is 78.9 Å². The molecule has 1 fully saturated rings. The van der Waals surface area contributed by atoms with Crippen molar-refractivity contribution in [3.63, 3.8) is 0 Å². The number of carbonyl (C=O) groups is 2. The van der Waals surface area contributed by atoms with E-state index in [0.717, 1.165) is 30.6 Å². The van der Waals surface area contributed by atoms with Crippen molar-refractivity contribution in [3.05, 3.63) is 29.8 Å². The first-order chi connectivity index (χ1) is 13.2. The first-order valence-corrected chi connectivity index (χ1v) is 10.1. The van der Waals surface area contributed by atoms with Gasteiger partial charge in [-0.05, 0) is 55.2 Å². The van der Waals surface area contributed by atoms with Crippen LogP contribution in [0, 0.1) is 11.3 Å². The minimum atomic E-state index is -0.723. The lowest BCUT2D eigenvalue weighted by Gasteiger charge is -2.33. The van der Waals surface area contributed by atoms with Gasteiger partial charge >= 0.3 is 12.0 Å². The third kappa shape index (κ3) is 7.06. The maximum absolute atomic E-state index is 12.9. The second-order valence-electron chi connectivity index (χ2n) is 8.92. The summed E-state index contributed by atoms with van der Waals surface area (Å²) in [6.07, 6.45) is 3.49. The first kappa shape index (κ1) is 22.1. The molecule has 1 saturated carbocycles. The molecule has 0 unspecified atom stereocenters. The third-order valence-corrected chi connectivity index (χ3v) is 5.19. The Kier molecular flexibility index (Phi) is 7.72. The Balaban J connectivity index is 1.93. The summed E-state index contributed by atoms with van der Waals surface area (Å²) in [6, 6.07) is 7.93. The molecule has 0 atom stereocenters. The summed E-state index contributed by atoms with van der Waals surface area (Å²) in [4.78, 5) is 25.9. The van der Waals surface area contributed by atoms with Crippen LogP contribution in [0.2, 0.25) is 0 Å². The Morgan fingerprint density at radius 3 is 2.25 bits per heavy atom. The van der Waals surface area contributed by atoms with Gasteiger partial charge in [-0.3, -0.25) is 4.79 Å². The van der Waals surface area contributed by atoms with Crippen molar-refractivity contribution in [2.24, 2.45) is 11.3 Å². The summed E-state index contributed by atoms with van der Waals surface area (Å²) in [5, 5.41) is 12.3. The number of nitrogens with zero attached hydrogens (tertiary/aromatic N) is 1. The Labute approximate surface area is 168 Å². The molecule has 0 spiro atoms. The number of carboxylic acids is 1. The van der Waals surface area contributed by atoms with Crippen molar-refractivity contribution < 1.29 is 19.4 Å². The van der Waals surface area contributed by atoms with E-state index in [9.17, 15) is 9.59 Å². The Bertz CT molecular complexity index is 643. The smallest absolute Gasteiger partial charge is 0.317 e. The minimum Gasteiger partial charge on any atom is -0.497 e. The van der Waals surface area contributed by atoms with Gasteiger partial charge in [-0.15, -0.1) is 0 Å². The van der Waals surface area contributed by atoms with E-state index in [1.807, 2.05) is 29.2 Å². The van der Waals surface area contributed by atoms with Crippen molar-refractivity contribution in [3.8, 4) is 5.75 Å². The van der Waals surface area contributed by atoms with E-state index in [2.05, 4.69) is 26.1 Å². The lowest BCUT2D eigenvalue weighted by Crippen LogP contribution is -2.49. The van der Waals surface area contributed by atoms with E-state index < -0.39 is 5.97 Å². The molecule has 0 bridgehead atoms. The van der Waals surface area contributed by atoms with Gasteiger partial charge in [0.2, 0.25) is 0 Å². The van der Waals surface area contributed by atoms with Crippen LogP contribution in [0.15, 0.2) is 24.3 Å². The quantitative estimate of drug-likeness (QED) is 0.739. The largest absolute Gasteiger partial charge is 0.497 e. The Hall–Kier alpha value is -2.24. The molecule has 28 heavy (non-hydrogen) atoms. The monoisotopic (exact) mass is 390 g/mol. The molecule has 0 heterocycles. The average Bonchev–Trinajstić information content (AvgIpc) is 2.65. The average molecular weight is 391 g/mol. The van der Waals surface area contributed by atoms with Gasteiger partial charge in [0.15, 0.2) is 0 Å². The molecule has 0 radical (unpaired) electrons. The van der Waals surface area contributed by atoms with E-state index >= 15 is 0 Å². The number of benzene rings is 1. The van der Waals surface area contributed by atoms with Gasteiger partial charge < -0.3 is 20.1 Å². The number of methoxy groups -OCH3 is 1. The van der Waals surface area contributed by atoms with Crippen molar-refractivity contribution in [1.29, 1.82) is 0 Å². The zero-order valence-electron chi connectivity index (χ0n) is 17.5. The van der Waals surface area contributed by atoms with Gasteiger partial charge in [-0.25, -0.2) is 4.79 Å². The summed E-state index contributed by atoms with van der Waals surface area (Å²) in [5.41, 5.74) is 1.16. The highest BCUT2D eigenvalue weighted by Gasteiger charge is 2.28. The van der Waals surface area contributed by atoms with Gasteiger partial charge in [0.1, 0.15) is 5.75 Å². The van der Waals surface area contributed by atoms with E-state index in [1.54, 1.807) is 7.11 Å². The number of urea groups is 1. The number of hydrogen-bond donors (Lipinski definition) is 2. The van der Waals surface area contributed by atoms with Gasteiger partial charge in [-0.1, -0.05) is 32.9 Å². The van der Waals surface area contributed by atoms with Crippen LogP contribution in [0.1, 0.15) is 52.0 Å². The fourth-order valence-corrected chi connectivity index (χ4v) is 3.63. The fraction of sp³-hybridized carbons (Fsp3) is 0.636. The van der Waals surface area contributed by atoms with Crippen molar-refractivity contribution in [2.75, 3.05) is 20.2 Å². The Morgan fingerprint density at radius 1 is 1.14 bits per heavy atom. The molecule has 0 saturated heterocycles. The predicted octanol–water partition coefficient (Wildman–Crippen LogP) is 3.94. The highest BCUT2D eigenvalue weighted by atomic mass is 16.5. The fourth-order valence-electron chi connectivity index (χ4n) is 3.63. The standard InChI is InChI=1S/C22H34N2O4/c1-22(2,3)15-24(14-13-16-5-11-19(28-4)12-6-16)21(27)23-18-9-7-17(8-10-18)20(25)26/h5-6,11-12,17-18H,7-10,13-15H2,1-4H3,(H,23,27)(H,25,26). The zero-order valence-corrected chi connectivity index (χ0v) is 17.5. The summed E-state index contributed by atoms with van der Waals surface area (Å²) in [5.74, 6) is -0.169. The minimum absolute atomic E-state index is 0.00177. The highest BCUT2D eigenvalue weighted by molar-refractivity contribution is 5.75. The van der Waals surface area contributed by atoms with Crippen LogP contribution in [0.4, 0.5) is 4.79 Å². The normalized spacial score (nSPS) is 19.7. The number of carbonyl (C=O) groups excluding carboxylic acids is 1. The van der Waals surface area contributed by atoms with Crippen LogP contribution in [0.3, 0.4) is 0 Å². The highest BCUT2D eigenvalue weighted by Crippen LogP contribution is 2.25. The molecule has 0 aliphatic heterocycles. The van der Waals surface area contributed by atoms with E-state index in [0.29, 0.717) is 25.9 Å². The lowest BCUT2D eigenvalue weighted by atomic mass is 9.86. The van der Waals surface area contributed by atoms with Crippen LogP contribution >= 0.6 is 0 Å². The van der Waals surface area contributed by atoms with Crippen LogP contribution in [-0.2, 0) is 11.2 Å². The molecule has 6 nitrogen and oxygen atoms in total. The maximum atomic E-state index is 12.9. The molecule has 1 aromatic rings. The SMILES string of the molecule is COc1ccc(CCN(CC(C)(C)C)C(=O)NC2CCC(C(=O)O)CC2)cc1. The molecule has 1 aliphatic carbocycles.